The van der Waals surface area contributed by atoms with Crippen LogP contribution in [0.2, 0.25) is 0 Å². The van der Waals surface area contributed by atoms with Gasteiger partial charge >= 0.3 is 0 Å². The van der Waals surface area contributed by atoms with Crippen molar-refractivity contribution in [2.24, 2.45) is 17.8 Å². The second kappa shape index (κ2) is 23.8. The van der Waals surface area contributed by atoms with Gasteiger partial charge in [-0.3, -0.25) is 0 Å². The Morgan fingerprint density at radius 2 is 0.538 bits per heavy atom. The molecule has 2 heteroatoms. The summed E-state index contributed by atoms with van der Waals surface area (Å²) in [5.74, 6) is 2.75. The molecule has 2 nitrogen and oxygen atoms in total. The molecule has 0 amide bonds. The molecule has 4 saturated carbocycles. The number of rotatable bonds is 12. The zero-order valence-corrected chi connectivity index (χ0v) is 52.3. The molecule has 0 heterocycles. The van der Waals surface area contributed by atoms with Crippen molar-refractivity contribution >= 4 is 50.0 Å². The Kier molecular flexibility index (Phi) is 14.4. The van der Waals surface area contributed by atoms with E-state index in [4.69, 9.17) is 0 Å². The van der Waals surface area contributed by atoms with E-state index in [1.54, 1.807) is 0 Å². The van der Waals surface area contributed by atoms with E-state index < -0.39 is 5.41 Å². The lowest BCUT2D eigenvalue weighted by Gasteiger charge is -2.61. The third-order valence-corrected chi connectivity index (χ3v) is 21.0. The predicted octanol–water partition coefficient (Wildman–Crippen LogP) is 24.3. The van der Waals surface area contributed by atoms with Crippen molar-refractivity contribution in [2.45, 2.75) is 49.5 Å². The van der Waals surface area contributed by atoms with Gasteiger partial charge in [-0.25, -0.2) is 0 Å². The molecule has 0 aromatic heterocycles. The number of benzene rings is 14. The van der Waals surface area contributed by atoms with Crippen LogP contribution in [0.4, 0.5) is 28.4 Å². The van der Waals surface area contributed by atoms with E-state index in [0.717, 1.165) is 34.8 Å². The monoisotopic (exact) mass is 1190 g/mol. The summed E-state index contributed by atoms with van der Waals surface area (Å²) in [4.78, 5) is 5.10. The van der Waals surface area contributed by atoms with Crippen molar-refractivity contribution in [1.29, 1.82) is 0 Å². The summed E-state index contributed by atoms with van der Waals surface area (Å²) in [7, 11) is 0. The van der Waals surface area contributed by atoms with Crippen LogP contribution in [0.25, 0.3) is 77.2 Å². The Morgan fingerprint density at radius 3 is 0.968 bits per heavy atom. The molecule has 19 rings (SSSR count). The van der Waals surface area contributed by atoms with E-state index in [-0.39, 0.29) is 5.54 Å². The van der Waals surface area contributed by atoms with Gasteiger partial charge in [0.1, 0.15) is 0 Å². The molecule has 0 aliphatic heterocycles. The normalized spacial score (nSPS) is 17.9. The summed E-state index contributed by atoms with van der Waals surface area (Å²) in [5, 5.41) is 5.06. The SMILES string of the molecule is c1ccc(-c2ccc3ccc(-c4ccc(N(c5ccccc5)C56CC7CC(CC(C7)C5)C6)cc4)cc3c2)cc1.c1ccc(-c2ccc3ccc(-c4ccc(N(c5ccccc5)c5ccc(C6(c7ccccc7)c7ccccc7-c7ccccc76)cc5)cc4)cc3c2)cc1. The Bertz CT molecular complexity index is 4880. The quantitative estimate of drug-likeness (QED) is 0.120. The van der Waals surface area contributed by atoms with Crippen LogP contribution in [0.1, 0.15) is 60.8 Å². The zero-order chi connectivity index (χ0) is 61.7. The molecule has 5 aliphatic carbocycles. The van der Waals surface area contributed by atoms with Gasteiger partial charge in [0.2, 0.25) is 0 Å². The molecule has 446 valence electrons. The van der Waals surface area contributed by atoms with Crippen molar-refractivity contribution in [3.8, 4) is 55.6 Å². The molecule has 0 atom stereocenters. The van der Waals surface area contributed by atoms with Gasteiger partial charge in [-0.05, 0) is 241 Å². The van der Waals surface area contributed by atoms with Gasteiger partial charge in [-0.1, -0.05) is 261 Å². The number of fused-ring (bicyclic) bond motifs is 5. The number of anilines is 5. The average Bonchev–Trinajstić information content (AvgIpc) is 1.62. The maximum absolute atomic E-state index is 2.74. The van der Waals surface area contributed by atoms with Gasteiger partial charge in [0, 0.05) is 34.0 Å². The van der Waals surface area contributed by atoms with Gasteiger partial charge in [0.05, 0.1) is 5.41 Å². The Hall–Kier alpha value is -10.8. The molecule has 4 bridgehead atoms. The van der Waals surface area contributed by atoms with Gasteiger partial charge in [0.15, 0.2) is 0 Å². The number of nitrogens with zero attached hydrogens (tertiary/aromatic N) is 2. The molecule has 0 N–H and O–H groups in total. The Balaban J connectivity index is 0.000000149. The lowest BCUT2D eigenvalue weighted by molar-refractivity contribution is 0.000556. The number of para-hydroxylation sites is 2. The standard InChI is InChI=1S/C53H37N.C38H35N/c1-4-14-38(15-5-1)41-26-24-40-25-27-42(37-43(40)36-41)39-28-32-47(33-29-39)54(46-18-8-3-9-19-46)48-34-30-45(31-35-48)53(44-16-6-2-7-17-44)51-22-12-10-20-49(51)50-21-11-13-23-52(50)53;1-3-7-30(8-4-1)33-13-11-32-12-14-34(23-35(32)22-33)31-15-17-37(18-16-31)39(36-9-5-2-6-10-36)38-24-27-19-28(25-38)21-29(20-27)26-38/h1-37H;1-18,22-23,27-29H,19-21,24-26H2. The smallest absolute Gasteiger partial charge is 0.0713 e. The minimum absolute atomic E-state index is 0.272. The molecule has 14 aromatic rings. The molecular weight excluding hydrogens is 1120 g/mol. The molecule has 14 aromatic carbocycles. The second-order valence-corrected chi connectivity index (χ2v) is 26.6. The lowest BCUT2D eigenvalue weighted by Crippen LogP contribution is -2.58. The van der Waals surface area contributed by atoms with Crippen LogP contribution in [0, 0.1) is 17.8 Å². The van der Waals surface area contributed by atoms with Crippen LogP contribution in [-0.2, 0) is 5.41 Å². The highest BCUT2D eigenvalue weighted by Crippen LogP contribution is 2.60. The predicted molar refractivity (Wildman–Crippen MR) is 391 cm³/mol. The lowest BCUT2D eigenvalue weighted by atomic mass is 9.52. The first-order chi connectivity index (χ1) is 46.0. The van der Waals surface area contributed by atoms with Gasteiger partial charge in [-0.15, -0.1) is 0 Å². The largest absolute Gasteiger partial charge is 0.335 e. The minimum atomic E-state index is -0.423. The molecule has 0 radical (unpaired) electrons. The van der Waals surface area contributed by atoms with Crippen molar-refractivity contribution < 1.29 is 0 Å². The van der Waals surface area contributed by atoms with Crippen LogP contribution < -0.4 is 9.80 Å². The van der Waals surface area contributed by atoms with E-state index >= 15 is 0 Å². The summed E-state index contributed by atoms with van der Waals surface area (Å²) in [6.45, 7) is 0. The minimum Gasteiger partial charge on any atom is -0.335 e. The van der Waals surface area contributed by atoms with Gasteiger partial charge in [-0.2, -0.15) is 0 Å². The third kappa shape index (κ3) is 10.3. The van der Waals surface area contributed by atoms with E-state index in [0.29, 0.717) is 0 Å². The summed E-state index contributed by atoms with van der Waals surface area (Å²) >= 11 is 0. The van der Waals surface area contributed by atoms with E-state index in [2.05, 4.69) is 356 Å². The Labute approximate surface area is 547 Å². The fourth-order valence-corrected chi connectivity index (χ4v) is 17.3. The number of hydrogen-bond donors (Lipinski definition) is 0. The van der Waals surface area contributed by atoms with Crippen molar-refractivity contribution in [3.05, 3.63) is 368 Å². The fraction of sp³-hybridized carbons (Fsp3) is 0.121. The molecule has 0 spiro atoms. The molecule has 5 aliphatic rings. The van der Waals surface area contributed by atoms with Crippen molar-refractivity contribution in [1.82, 2.24) is 0 Å². The molecule has 0 unspecified atom stereocenters. The highest BCUT2D eigenvalue weighted by Gasteiger charge is 2.54. The van der Waals surface area contributed by atoms with E-state index in [9.17, 15) is 0 Å². The first-order valence-electron chi connectivity index (χ1n) is 33.5. The van der Waals surface area contributed by atoms with Crippen molar-refractivity contribution in [2.75, 3.05) is 9.80 Å². The Morgan fingerprint density at radius 1 is 0.237 bits per heavy atom. The van der Waals surface area contributed by atoms with Gasteiger partial charge in [0.25, 0.3) is 0 Å². The summed E-state index contributed by atoms with van der Waals surface area (Å²) < 4.78 is 0. The number of hydrogen-bond acceptors (Lipinski definition) is 2. The fourth-order valence-electron chi connectivity index (χ4n) is 17.3. The van der Waals surface area contributed by atoms with Crippen LogP contribution in [0.5, 0.6) is 0 Å². The topological polar surface area (TPSA) is 6.48 Å². The highest BCUT2D eigenvalue weighted by atomic mass is 15.2. The van der Waals surface area contributed by atoms with Crippen LogP contribution in [0.3, 0.4) is 0 Å². The molecular formula is C91H72N2. The third-order valence-electron chi connectivity index (χ3n) is 21.0. The van der Waals surface area contributed by atoms with Crippen molar-refractivity contribution in [3.63, 3.8) is 0 Å². The maximum Gasteiger partial charge on any atom is 0.0713 e. The summed E-state index contributed by atoms with van der Waals surface area (Å²) in [6, 6.07) is 127. The average molecular weight is 1190 g/mol. The van der Waals surface area contributed by atoms with Crippen LogP contribution in [0.15, 0.2) is 346 Å². The molecule has 0 saturated heterocycles. The first-order valence-corrected chi connectivity index (χ1v) is 33.5. The van der Waals surface area contributed by atoms with E-state index in [1.807, 2.05) is 0 Å². The van der Waals surface area contributed by atoms with Crippen LogP contribution in [-0.4, -0.2) is 5.54 Å². The van der Waals surface area contributed by atoms with E-state index in [1.165, 1.54) is 149 Å². The molecule has 93 heavy (non-hydrogen) atoms. The first kappa shape index (κ1) is 56.2. The molecule has 4 fully saturated rings. The van der Waals surface area contributed by atoms with Crippen LogP contribution >= 0.6 is 0 Å². The summed E-state index contributed by atoms with van der Waals surface area (Å²) in [6.07, 6.45) is 8.45. The second-order valence-electron chi connectivity index (χ2n) is 26.6. The van der Waals surface area contributed by atoms with Gasteiger partial charge < -0.3 is 9.80 Å². The summed E-state index contributed by atoms with van der Waals surface area (Å²) in [5.41, 5.74) is 23.6. The zero-order valence-electron chi connectivity index (χ0n) is 52.3. The highest BCUT2D eigenvalue weighted by molar-refractivity contribution is 5.93. The maximum atomic E-state index is 2.74.